The number of halogens is 1. The van der Waals surface area contributed by atoms with E-state index >= 15 is 0 Å². The van der Waals surface area contributed by atoms with Gasteiger partial charge >= 0.3 is 0 Å². The summed E-state index contributed by atoms with van der Waals surface area (Å²) in [7, 11) is 0. The summed E-state index contributed by atoms with van der Waals surface area (Å²) >= 11 is 0. The molecule has 0 atom stereocenters. The molecule has 2 N–H and O–H groups in total. The normalized spacial score (nSPS) is 10.8. The van der Waals surface area contributed by atoms with Crippen molar-refractivity contribution in [3.8, 4) is 11.8 Å². The van der Waals surface area contributed by atoms with Crippen LogP contribution in [-0.2, 0) is 17.6 Å². The summed E-state index contributed by atoms with van der Waals surface area (Å²) in [6.45, 7) is 5.76. The first-order chi connectivity index (χ1) is 16.9. The van der Waals surface area contributed by atoms with E-state index in [1.807, 2.05) is 19.1 Å². The molecule has 0 aliphatic rings. The van der Waals surface area contributed by atoms with Crippen molar-refractivity contribution in [3.63, 3.8) is 0 Å². The molecule has 0 saturated heterocycles. The van der Waals surface area contributed by atoms with Gasteiger partial charge in [-0.15, -0.1) is 5.10 Å². The molecule has 184 valence electrons. The number of carbonyl (C=O) groups is 1. The lowest BCUT2D eigenvalue weighted by molar-refractivity contribution is -0.130. The van der Waals surface area contributed by atoms with Gasteiger partial charge in [0.15, 0.2) is 0 Å². The quantitative estimate of drug-likeness (QED) is 0.370. The Morgan fingerprint density at radius 1 is 1.29 bits per heavy atom. The highest BCUT2D eigenvalue weighted by atomic mass is 19.1. The van der Waals surface area contributed by atoms with Crippen molar-refractivity contribution >= 4 is 5.91 Å². The van der Waals surface area contributed by atoms with Crippen molar-refractivity contribution < 1.29 is 14.3 Å². The molecule has 0 radical (unpaired) electrons. The molecule has 0 aliphatic carbocycles. The van der Waals surface area contributed by atoms with Gasteiger partial charge in [-0.25, -0.2) is 4.39 Å². The average Bonchev–Trinajstić information content (AvgIpc) is 3.37. The van der Waals surface area contributed by atoms with Crippen LogP contribution in [0.1, 0.15) is 34.4 Å². The maximum Gasteiger partial charge on any atom is 0.228 e. The molecule has 10 nitrogen and oxygen atoms in total. The number of nitrogens with one attached hydrogen (secondary N) is 1. The average molecular weight is 481 g/mol. The number of nitrogens with zero attached hydrogens (tertiary/aromatic N) is 7. The van der Waals surface area contributed by atoms with Crippen LogP contribution in [0.4, 0.5) is 4.39 Å². The van der Waals surface area contributed by atoms with Gasteiger partial charge in [-0.3, -0.25) is 9.78 Å². The van der Waals surface area contributed by atoms with Crippen LogP contribution in [0, 0.1) is 31.0 Å². The molecule has 3 aromatic rings. The van der Waals surface area contributed by atoms with E-state index in [1.165, 1.54) is 17.1 Å². The summed E-state index contributed by atoms with van der Waals surface area (Å²) in [5.74, 6) is -0.579. The predicted molar refractivity (Wildman–Crippen MR) is 126 cm³/mol. The highest BCUT2D eigenvalue weighted by molar-refractivity contribution is 5.78. The second-order valence-electron chi connectivity index (χ2n) is 8.17. The fraction of sp³-hybridized carbons (Fsp3) is 0.417. The van der Waals surface area contributed by atoms with E-state index in [9.17, 15) is 14.3 Å². The smallest absolute Gasteiger partial charge is 0.228 e. The van der Waals surface area contributed by atoms with Crippen molar-refractivity contribution in [2.24, 2.45) is 0 Å². The Morgan fingerprint density at radius 3 is 2.80 bits per heavy atom. The fourth-order valence-electron chi connectivity index (χ4n) is 3.80. The zero-order valence-electron chi connectivity index (χ0n) is 19.9. The number of benzene rings is 1. The first-order valence-corrected chi connectivity index (χ1v) is 11.4. The first-order valence-electron chi connectivity index (χ1n) is 11.4. The van der Waals surface area contributed by atoms with E-state index in [-0.39, 0.29) is 24.5 Å². The van der Waals surface area contributed by atoms with E-state index in [0.29, 0.717) is 50.3 Å². The number of aliphatic hydroxyl groups excluding tert-OH is 1. The maximum absolute atomic E-state index is 13.7. The molecule has 2 heterocycles. The number of amides is 1. The second-order valence-corrected chi connectivity index (χ2v) is 8.17. The first kappa shape index (κ1) is 25.9. The number of aliphatic hydroxyl groups is 1. The molecule has 0 fully saturated rings. The topological polar surface area (TPSA) is 133 Å². The molecule has 1 aromatic carbocycles. The Kier molecular flexibility index (Phi) is 9.34. The maximum atomic E-state index is 13.7. The van der Waals surface area contributed by atoms with Gasteiger partial charge in [-0.1, -0.05) is 6.07 Å². The zero-order valence-corrected chi connectivity index (χ0v) is 19.9. The fourth-order valence-corrected chi connectivity index (χ4v) is 3.80. The molecular formula is C24H29FN8O2. The SMILES string of the molecule is Cc1cc(CC(=O)N(CCCO)CCNCCc2ccc(F)c(C#N)c2C)ncc1-n1cnnn1. The number of hydrogen-bond donors (Lipinski definition) is 2. The van der Waals surface area contributed by atoms with Crippen LogP contribution in [0.5, 0.6) is 0 Å². The Labute approximate surface area is 203 Å². The molecule has 1 amide bonds. The Balaban J connectivity index is 1.53. The summed E-state index contributed by atoms with van der Waals surface area (Å²) in [6.07, 6.45) is 4.40. The molecule has 35 heavy (non-hydrogen) atoms. The van der Waals surface area contributed by atoms with Crippen LogP contribution in [0.2, 0.25) is 0 Å². The molecule has 0 bridgehead atoms. The van der Waals surface area contributed by atoms with Gasteiger partial charge in [-0.05, 0) is 72.5 Å². The molecule has 0 aliphatic heterocycles. The molecule has 0 spiro atoms. The van der Waals surface area contributed by atoms with Gasteiger partial charge in [-0.2, -0.15) is 9.94 Å². The minimum Gasteiger partial charge on any atom is -0.396 e. The predicted octanol–water partition coefficient (Wildman–Crippen LogP) is 1.27. The standard InChI is InChI=1S/C24H29FN8O2/c1-17-12-20(28-15-23(17)33-16-29-30-31-33)13-24(35)32(9-3-11-34)10-8-27-7-6-19-4-5-22(25)21(14-26)18(19)2/h4-5,12,15-16,27,34H,3,6-11,13H2,1-2H3. The van der Waals surface area contributed by atoms with Gasteiger partial charge in [0, 0.05) is 26.2 Å². The highest BCUT2D eigenvalue weighted by Gasteiger charge is 2.16. The van der Waals surface area contributed by atoms with Crippen LogP contribution in [0.15, 0.2) is 30.7 Å². The number of hydrogen-bond acceptors (Lipinski definition) is 8. The largest absolute Gasteiger partial charge is 0.396 e. The Morgan fingerprint density at radius 2 is 2.11 bits per heavy atom. The van der Waals surface area contributed by atoms with E-state index in [4.69, 9.17) is 5.26 Å². The second kappa shape index (κ2) is 12.6. The summed E-state index contributed by atoms with van der Waals surface area (Å²) in [5.41, 5.74) is 3.93. The Hall–Kier alpha value is -3.75. The van der Waals surface area contributed by atoms with Crippen LogP contribution < -0.4 is 5.32 Å². The van der Waals surface area contributed by atoms with Crippen molar-refractivity contribution in [2.75, 3.05) is 32.8 Å². The lowest BCUT2D eigenvalue weighted by Crippen LogP contribution is -2.39. The third-order valence-corrected chi connectivity index (χ3v) is 5.77. The van der Waals surface area contributed by atoms with Crippen LogP contribution >= 0.6 is 0 Å². The monoisotopic (exact) mass is 480 g/mol. The lowest BCUT2D eigenvalue weighted by atomic mass is 10.0. The van der Waals surface area contributed by atoms with Crippen LogP contribution in [-0.4, -0.2) is 73.9 Å². The minimum atomic E-state index is -0.505. The third-order valence-electron chi connectivity index (χ3n) is 5.77. The molecule has 3 rings (SSSR count). The number of carbonyl (C=O) groups excluding carboxylic acids is 1. The van der Waals surface area contributed by atoms with Gasteiger partial charge in [0.2, 0.25) is 5.91 Å². The van der Waals surface area contributed by atoms with E-state index in [2.05, 4.69) is 25.8 Å². The summed E-state index contributed by atoms with van der Waals surface area (Å²) in [6, 6.07) is 6.78. The summed E-state index contributed by atoms with van der Waals surface area (Å²) < 4.78 is 15.2. The minimum absolute atomic E-state index is 0.000272. The number of aryl methyl sites for hydroxylation is 1. The third kappa shape index (κ3) is 6.88. The molecule has 0 saturated carbocycles. The van der Waals surface area contributed by atoms with Crippen molar-refractivity contribution in [2.45, 2.75) is 33.1 Å². The van der Waals surface area contributed by atoms with Crippen LogP contribution in [0.25, 0.3) is 5.69 Å². The summed E-state index contributed by atoms with van der Waals surface area (Å²) in [4.78, 5) is 19.1. The summed E-state index contributed by atoms with van der Waals surface area (Å²) in [5, 5.41) is 32.8. The van der Waals surface area contributed by atoms with Crippen molar-refractivity contribution in [1.82, 2.24) is 35.4 Å². The number of aromatic nitrogens is 5. The molecule has 2 aromatic heterocycles. The molecule has 0 unspecified atom stereocenters. The van der Waals surface area contributed by atoms with E-state index in [1.54, 1.807) is 24.1 Å². The van der Waals surface area contributed by atoms with Crippen molar-refractivity contribution in [3.05, 3.63) is 64.5 Å². The van der Waals surface area contributed by atoms with E-state index < -0.39 is 5.82 Å². The number of rotatable bonds is 12. The lowest BCUT2D eigenvalue weighted by Gasteiger charge is -2.23. The Bertz CT molecular complexity index is 1180. The van der Waals surface area contributed by atoms with Gasteiger partial charge in [0.05, 0.1) is 29.6 Å². The number of nitriles is 1. The van der Waals surface area contributed by atoms with Gasteiger partial charge < -0.3 is 15.3 Å². The number of tetrazole rings is 1. The molecule has 11 heteroatoms. The molecular weight excluding hydrogens is 451 g/mol. The van der Waals surface area contributed by atoms with Gasteiger partial charge in [0.1, 0.15) is 18.2 Å². The zero-order chi connectivity index (χ0) is 25.2. The van der Waals surface area contributed by atoms with E-state index in [0.717, 1.165) is 16.8 Å². The van der Waals surface area contributed by atoms with Crippen molar-refractivity contribution in [1.29, 1.82) is 5.26 Å². The number of pyridine rings is 1. The van der Waals surface area contributed by atoms with Gasteiger partial charge in [0.25, 0.3) is 0 Å². The van der Waals surface area contributed by atoms with Crippen LogP contribution in [0.3, 0.4) is 0 Å². The highest BCUT2D eigenvalue weighted by Crippen LogP contribution is 2.17.